The van der Waals surface area contributed by atoms with Crippen molar-refractivity contribution in [3.63, 3.8) is 0 Å². The van der Waals surface area contributed by atoms with Crippen molar-refractivity contribution in [3.8, 4) is 0 Å². The first kappa shape index (κ1) is 14.2. The fourth-order valence-corrected chi connectivity index (χ4v) is 1.48. The Balaban J connectivity index is 2.54. The van der Waals surface area contributed by atoms with E-state index in [0.717, 1.165) is 0 Å². The lowest BCUT2D eigenvalue weighted by Crippen LogP contribution is -2.27. The van der Waals surface area contributed by atoms with Crippen molar-refractivity contribution in [2.75, 3.05) is 19.8 Å². The molecule has 2 N–H and O–H groups in total. The van der Waals surface area contributed by atoms with E-state index in [2.05, 4.69) is 5.32 Å². The Labute approximate surface area is 106 Å². The maximum absolute atomic E-state index is 11.8. The first-order valence-corrected chi connectivity index (χ1v) is 5.85. The number of ether oxygens (including phenoxy) is 1. The number of carbonyl (C=O) groups excluding carboxylic acids is 1. The van der Waals surface area contributed by atoms with Crippen LogP contribution < -0.4 is 5.32 Å². The zero-order chi connectivity index (χ0) is 13.4. The number of hydrogen-bond donors (Lipinski definition) is 2. The minimum absolute atomic E-state index is 0.0137. The van der Waals surface area contributed by atoms with Gasteiger partial charge < -0.3 is 15.2 Å². The predicted molar refractivity (Wildman–Crippen MR) is 66.8 cm³/mol. The molecule has 5 nitrogen and oxygen atoms in total. The van der Waals surface area contributed by atoms with Crippen LogP contribution in [0.3, 0.4) is 0 Å². The van der Waals surface area contributed by atoms with Crippen LogP contribution in [-0.4, -0.2) is 36.7 Å². The Morgan fingerprint density at radius 1 is 1.28 bits per heavy atom. The first-order valence-electron chi connectivity index (χ1n) is 5.85. The van der Waals surface area contributed by atoms with Gasteiger partial charge in [-0.1, -0.05) is 12.1 Å². The highest BCUT2D eigenvalue weighted by Crippen LogP contribution is 2.08. The number of benzene rings is 1. The van der Waals surface area contributed by atoms with Crippen LogP contribution >= 0.6 is 0 Å². The molecule has 18 heavy (non-hydrogen) atoms. The van der Waals surface area contributed by atoms with Gasteiger partial charge in [-0.2, -0.15) is 0 Å². The number of rotatable bonds is 7. The third kappa shape index (κ3) is 4.18. The lowest BCUT2D eigenvalue weighted by Gasteiger charge is -2.07. The van der Waals surface area contributed by atoms with E-state index in [0.29, 0.717) is 26.2 Å². The summed E-state index contributed by atoms with van der Waals surface area (Å²) in [5.74, 6) is -1.47. The summed E-state index contributed by atoms with van der Waals surface area (Å²) in [5, 5.41) is 11.6. The molecule has 1 aromatic rings. The van der Waals surface area contributed by atoms with E-state index in [9.17, 15) is 9.59 Å². The largest absolute Gasteiger partial charge is 0.478 e. The van der Waals surface area contributed by atoms with Crippen LogP contribution in [0.4, 0.5) is 0 Å². The Bertz CT molecular complexity index is 417. The number of nitrogens with one attached hydrogen (secondary N) is 1. The van der Waals surface area contributed by atoms with Gasteiger partial charge in [0.2, 0.25) is 0 Å². The molecule has 98 valence electrons. The van der Waals surface area contributed by atoms with Gasteiger partial charge in [0.05, 0.1) is 11.1 Å². The van der Waals surface area contributed by atoms with Gasteiger partial charge in [0.15, 0.2) is 0 Å². The van der Waals surface area contributed by atoms with Crippen molar-refractivity contribution in [2.24, 2.45) is 0 Å². The minimum Gasteiger partial charge on any atom is -0.478 e. The lowest BCUT2D eigenvalue weighted by molar-refractivity contribution is 0.0690. The van der Waals surface area contributed by atoms with E-state index in [4.69, 9.17) is 9.84 Å². The Kier molecular flexibility index (Phi) is 5.87. The third-order valence-corrected chi connectivity index (χ3v) is 2.36. The molecule has 0 atom stereocenters. The molecule has 0 radical (unpaired) electrons. The van der Waals surface area contributed by atoms with Gasteiger partial charge in [-0.3, -0.25) is 4.79 Å². The van der Waals surface area contributed by atoms with Gasteiger partial charge in [0, 0.05) is 19.8 Å². The summed E-state index contributed by atoms with van der Waals surface area (Å²) in [7, 11) is 0. The van der Waals surface area contributed by atoms with Gasteiger partial charge in [0.1, 0.15) is 0 Å². The normalized spacial score (nSPS) is 10.1. The van der Waals surface area contributed by atoms with E-state index >= 15 is 0 Å². The number of amides is 1. The molecule has 0 spiro atoms. The van der Waals surface area contributed by atoms with Crippen LogP contribution in [-0.2, 0) is 4.74 Å². The smallest absolute Gasteiger partial charge is 0.336 e. The molecule has 0 unspecified atom stereocenters. The number of carboxylic acid groups (broad SMARTS) is 1. The molecule has 0 fully saturated rings. The second-order valence-electron chi connectivity index (χ2n) is 3.66. The molecule has 1 rings (SSSR count). The second-order valence-corrected chi connectivity index (χ2v) is 3.66. The topological polar surface area (TPSA) is 75.6 Å². The average molecular weight is 251 g/mol. The molecule has 0 aliphatic carbocycles. The molecule has 0 aliphatic heterocycles. The van der Waals surface area contributed by atoms with E-state index in [1.807, 2.05) is 6.92 Å². The van der Waals surface area contributed by atoms with Gasteiger partial charge in [-0.15, -0.1) is 0 Å². The third-order valence-electron chi connectivity index (χ3n) is 2.36. The second kappa shape index (κ2) is 7.45. The number of carboxylic acids is 1. The lowest BCUT2D eigenvalue weighted by atomic mass is 10.1. The summed E-state index contributed by atoms with van der Waals surface area (Å²) < 4.78 is 5.14. The van der Waals surface area contributed by atoms with Crippen molar-refractivity contribution in [1.29, 1.82) is 0 Å². The highest BCUT2D eigenvalue weighted by atomic mass is 16.5. The Hall–Kier alpha value is -1.88. The molecule has 0 saturated heterocycles. The summed E-state index contributed by atoms with van der Waals surface area (Å²) in [4.78, 5) is 22.7. The quantitative estimate of drug-likeness (QED) is 0.721. The van der Waals surface area contributed by atoms with Crippen LogP contribution in [0.2, 0.25) is 0 Å². The van der Waals surface area contributed by atoms with Crippen molar-refractivity contribution >= 4 is 11.9 Å². The van der Waals surface area contributed by atoms with Crippen molar-refractivity contribution in [3.05, 3.63) is 35.4 Å². The highest BCUT2D eigenvalue weighted by molar-refractivity contribution is 6.04. The van der Waals surface area contributed by atoms with E-state index in [-0.39, 0.29) is 17.0 Å². The maximum Gasteiger partial charge on any atom is 0.336 e. The highest BCUT2D eigenvalue weighted by Gasteiger charge is 2.14. The predicted octanol–water partition coefficient (Wildman–Crippen LogP) is 1.54. The van der Waals surface area contributed by atoms with Gasteiger partial charge in [-0.05, 0) is 25.5 Å². The molecular weight excluding hydrogens is 234 g/mol. The molecule has 1 aromatic carbocycles. The van der Waals surface area contributed by atoms with Crippen molar-refractivity contribution in [1.82, 2.24) is 5.32 Å². The first-order chi connectivity index (χ1) is 8.66. The maximum atomic E-state index is 11.8. The van der Waals surface area contributed by atoms with Crippen LogP contribution in [0.1, 0.15) is 34.1 Å². The van der Waals surface area contributed by atoms with E-state index in [1.54, 1.807) is 12.1 Å². The van der Waals surface area contributed by atoms with Crippen LogP contribution in [0.15, 0.2) is 24.3 Å². The molecule has 1 amide bonds. The number of carbonyl (C=O) groups is 2. The number of hydrogen-bond acceptors (Lipinski definition) is 3. The molecule has 0 saturated carbocycles. The molecule has 0 heterocycles. The zero-order valence-corrected chi connectivity index (χ0v) is 10.3. The van der Waals surface area contributed by atoms with Crippen molar-refractivity contribution in [2.45, 2.75) is 13.3 Å². The summed E-state index contributed by atoms with van der Waals surface area (Å²) >= 11 is 0. The van der Waals surface area contributed by atoms with Crippen LogP contribution in [0, 0.1) is 0 Å². The van der Waals surface area contributed by atoms with E-state index < -0.39 is 5.97 Å². The SMILES string of the molecule is CCOCCCNC(=O)c1ccccc1C(=O)O. The van der Waals surface area contributed by atoms with E-state index in [1.165, 1.54) is 12.1 Å². The molecule has 0 aromatic heterocycles. The fraction of sp³-hybridized carbons (Fsp3) is 0.385. The van der Waals surface area contributed by atoms with Gasteiger partial charge in [-0.25, -0.2) is 4.79 Å². The summed E-state index contributed by atoms with van der Waals surface area (Å²) in [6.07, 6.45) is 0.703. The zero-order valence-electron chi connectivity index (χ0n) is 10.3. The fourth-order valence-electron chi connectivity index (χ4n) is 1.48. The Morgan fingerprint density at radius 2 is 1.94 bits per heavy atom. The molecule has 5 heteroatoms. The standard InChI is InChI=1S/C13H17NO4/c1-2-18-9-5-8-14-12(15)10-6-3-4-7-11(10)13(16)17/h3-4,6-7H,2,5,8-9H2,1H3,(H,14,15)(H,16,17). The Morgan fingerprint density at radius 3 is 2.56 bits per heavy atom. The van der Waals surface area contributed by atoms with Crippen LogP contribution in [0.25, 0.3) is 0 Å². The summed E-state index contributed by atoms with van der Waals surface area (Å²) in [5.41, 5.74) is 0.196. The molecular formula is C13H17NO4. The molecule has 0 aliphatic rings. The van der Waals surface area contributed by atoms with Crippen molar-refractivity contribution < 1.29 is 19.4 Å². The number of aromatic carboxylic acids is 1. The summed E-state index contributed by atoms with van der Waals surface area (Å²) in [6, 6.07) is 6.15. The summed E-state index contributed by atoms with van der Waals surface area (Å²) in [6.45, 7) is 3.60. The minimum atomic E-state index is -1.10. The van der Waals surface area contributed by atoms with Gasteiger partial charge >= 0.3 is 5.97 Å². The monoisotopic (exact) mass is 251 g/mol. The van der Waals surface area contributed by atoms with Gasteiger partial charge in [0.25, 0.3) is 5.91 Å². The molecule has 0 bridgehead atoms. The average Bonchev–Trinajstić information content (AvgIpc) is 2.38. The van der Waals surface area contributed by atoms with Crippen LogP contribution in [0.5, 0.6) is 0 Å².